The normalized spacial score (nSPS) is 21.7. The van der Waals surface area contributed by atoms with Crippen LogP contribution in [0.1, 0.15) is 46.0 Å². The van der Waals surface area contributed by atoms with Crippen LogP contribution in [-0.2, 0) is 9.53 Å². The molecule has 0 amide bonds. The minimum absolute atomic E-state index is 0.200. The Labute approximate surface area is 80.0 Å². The molecule has 1 saturated carbocycles. The summed E-state index contributed by atoms with van der Waals surface area (Å²) in [4.78, 5) is 11.2. The molecule has 0 aromatic heterocycles. The van der Waals surface area contributed by atoms with Gasteiger partial charge in [-0.1, -0.05) is 12.5 Å². The topological polar surface area (TPSA) is 26.3 Å². The van der Waals surface area contributed by atoms with Gasteiger partial charge in [-0.2, -0.15) is 0 Å². The summed E-state index contributed by atoms with van der Waals surface area (Å²) in [5, 5.41) is 0. The van der Waals surface area contributed by atoms with E-state index >= 15 is 0 Å². The molecule has 0 saturated heterocycles. The highest BCUT2D eigenvalue weighted by atomic mass is 16.6. The van der Waals surface area contributed by atoms with Gasteiger partial charge in [0.2, 0.25) is 0 Å². The van der Waals surface area contributed by atoms with Crippen molar-refractivity contribution in [3.8, 4) is 0 Å². The van der Waals surface area contributed by atoms with Crippen LogP contribution in [0.3, 0.4) is 0 Å². The summed E-state index contributed by atoms with van der Waals surface area (Å²) >= 11 is 0. The molecule has 0 atom stereocenters. The summed E-state index contributed by atoms with van der Waals surface area (Å²) in [6.07, 6.45) is 8.86. The lowest BCUT2D eigenvalue weighted by Gasteiger charge is -2.32. The van der Waals surface area contributed by atoms with Crippen LogP contribution in [0.15, 0.2) is 12.2 Å². The summed E-state index contributed by atoms with van der Waals surface area (Å²) in [6, 6.07) is 0. The highest BCUT2D eigenvalue weighted by molar-refractivity contribution is 5.82. The maximum atomic E-state index is 11.2. The Balaban J connectivity index is 2.45. The first kappa shape index (κ1) is 10.3. The maximum absolute atomic E-state index is 11.2. The number of hydrogen-bond donors (Lipinski definition) is 0. The second-order valence-electron chi connectivity index (χ2n) is 3.93. The van der Waals surface area contributed by atoms with Gasteiger partial charge in [-0.3, -0.25) is 0 Å². The van der Waals surface area contributed by atoms with Gasteiger partial charge in [-0.15, -0.1) is 0 Å². The molecule has 0 aromatic carbocycles. The predicted octanol–water partition coefficient (Wildman–Crippen LogP) is 2.83. The number of ether oxygens (including phenoxy) is 1. The van der Waals surface area contributed by atoms with Gasteiger partial charge < -0.3 is 4.74 Å². The van der Waals surface area contributed by atoms with E-state index in [-0.39, 0.29) is 11.6 Å². The molecule has 0 bridgehead atoms. The van der Waals surface area contributed by atoms with Gasteiger partial charge in [-0.25, -0.2) is 4.79 Å². The molecule has 0 unspecified atom stereocenters. The van der Waals surface area contributed by atoms with Gasteiger partial charge in [0, 0.05) is 6.08 Å². The lowest BCUT2D eigenvalue weighted by Crippen LogP contribution is -2.33. The summed E-state index contributed by atoms with van der Waals surface area (Å²) in [7, 11) is 0. The fourth-order valence-electron chi connectivity index (χ4n) is 1.81. The Morgan fingerprint density at radius 2 is 1.92 bits per heavy atom. The molecular weight excluding hydrogens is 164 g/mol. The molecule has 13 heavy (non-hydrogen) atoms. The molecule has 2 nitrogen and oxygen atoms in total. The van der Waals surface area contributed by atoms with Crippen LogP contribution in [0, 0.1) is 0 Å². The van der Waals surface area contributed by atoms with Crippen molar-refractivity contribution in [2.45, 2.75) is 51.6 Å². The van der Waals surface area contributed by atoms with Crippen molar-refractivity contribution in [3.63, 3.8) is 0 Å². The molecule has 1 aliphatic carbocycles. The molecule has 0 N–H and O–H groups in total. The molecular formula is C11H18O2. The Bertz CT molecular complexity index is 200. The van der Waals surface area contributed by atoms with E-state index in [0.717, 1.165) is 12.8 Å². The van der Waals surface area contributed by atoms with E-state index in [0.29, 0.717) is 0 Å². The molecule has 0 aromatic rings. The zero-order valence-corrected chi connectivity index (χ0v) is 8.51. The molecule has 74 valence electrons. The number of allylic oxidation sites excluding steroid dienone is 1. The molecule has 2 heteroatoms. The molecule has 1 aliphatic rings. The van der Waals surface area contributed by atoms with Crippen LogP contribution in [0.2, 0.25) is 0 Å². The van der Waals surface area contributed by atoms with Crippen LogP contribution < -0.4 is 0 Å². The number of esters is 1. The summed E-state index contributed by atoms with van der Waals surface area (Å²) in [5.41, 5.74) is -0.200. The van der Waals surface area contributed by atoms with E-state index < -0.39 is 0 Å². The van der Waals surface area contributed by atoms with Gasteiger partial charge in [0.05, 0.1) is 0 Å². The Hall–Kier alpha value is -0.790. The van der Waals surface area contributed by atoms with E-state index in [1.807, 2.05) is 13.8 Å². The Kier molecular flexibility index (Phi) is 3.52. The number of hydrogen-bond acceptors (Lipinski definition) is 2. The predicted molar refractivity (Wildman–Crippen MR) is 52.4 cm³/mol. The van der Waals surface area contributed by atoms with Crippen molar-refractivity contribution < 1.29 is 9.53 Å². The molecule has 1 fully saturated rings. The van der Waals surface area contributed by atoms with E-state index in [2.05, 4.69) is 0 Å². The highest BCUT2D eigenvalue weighted by Crippen LogP contribution is 2.31. The second-order valence-corrected chi connectivity index (χ2v) is 3.93. The molecule has 0 heterocycles. The number of rotatable bonds is 2. The van der Waals surface area contributed by atoms with Gasteiger partial charge in [-0.05, 0) is 39.5 Å². The molecule has 0 aliphatic heterocycles. The first-order chi connectivity index (χ1) is 6.16. The first-order valence-corrected chi connectivity index (χ1v) is 5.02. The minimum atomic E-state index is -0.202. The van der Waals surface area contributed by atoms with Crippen molar-refractivity contribution in [1.82, 2.24) is 0 Å². The standard InChI is InChI=1S/C11H18O2/c1-3-7-10(12)13-11(2)8-5-4-6-9-11/h3,7H,4-6,8-9H2,1-2H3/b7-3+. The minimum Gasteiger partial charge on any atom is -0.456 e. The highest BCUT2D eigenvalue weighted by Gasteiger charge is 2.29. The smallest absolute Gasteiger partial charge is 0.330 e. The first-order valence-electron chi connectivity index (χ1n) is 5.02. The molecule has 0 radical (unpaired) electrons. The zero-order valence-electron chi connectivity index (χ0n) is 8.51. The summed E-state index contributed by atoms with van der Waals surface area (Å²) in [6.45, 7) is 3.86. The molecule has 1 rings (SSSR count). The van der Waals surface area contributed by atoms with Crippen LogP contribution in [0.25, 0.3) is 0 Å². The summed E-state index contributed by atoms with van der Waals surface area (Å²) < 4.78 is 5.39. The number of carbonyl (C=O) groups excluding carboxylic acids is 1. The van der Waals surface area contributed by atoms with E-state index in [4.69, 9.17) is 4.74 Å². The largest absolute Gasteiger partial charge is 0.456 e. The van der Waals surface area contributed by atoms with E-state index in [9.17, 15) is 4.79 Å². The number of carbonyl (C=O) groups is 1. The van der Waals surface area contributed by atoms with Gasteiger partial charge in [0.15, 0.2) is 0 Å². The summed E-state index contributed by atoms with van der Waals surface area (Å²) in [5.74, 6) is -0.202. The fraction of sp³-hybridized carbons (Fsp3) is 0.727. The second kappa shape index (κ2) is 4.45. The lowest BCUT2D eigenvalue weighted by atomic mass is 9.86. The third-order valence-electron chi connectivity index (χ3n) is 2.56. The van der Waals surface area contributed by atoms with E-state index in [1.54, 1.807) is 6.08 Å². The SMILES string of the molecule is C/C=C/C(=O)OC1(C)CCCCC1. The van der Waals surface area contributed by atoms with Crippen molar-refractivity contribution in [1.29, 1.82) is 0 Å². The zero-order chi connectivity index (χ0) is 9.73. The Morgan fingerprint density at radius 1 is 1.31 bits per heavy atom. The van der Waals surface area contributed by atoms with Crippen molar-refractivity contribution in [3.05, 3.63) is 12.2 Å². The van der Waals surface area contributed by atoms with Crippen LogP contribution in [0.4, 0.5) is 0 Å². The van der Waals surface area contributed by atoms with Crippen molar-refractivity contribution in [2.24, 2.45) is 0 Å². The van der Waals surface area contributed by atoms with Gasteiger partial charge in [0.1, 0.15) is 5.60 Å². The van der Waals surface area contributed by atoms with Crippen LogP contribution in [-0.4, -0.2) is 11.6 Å². The quantitative estimate of drug-likeness (QED) is 0.485. The van der Waals surface area contributed by atoms with Crippen molar-refractivity contribution >= 4 is 5.97 Å². The average Bonchev–Trinajstić information content (AvgIpc) is 2.04. The lowest BCUT2D eigenvalue weighted by molar-refractivity contribution is -0.154. The van der Waals surface area contributed by atoms with Gasteiger partial charge in [0.25, 0.3) is 0 Å². The maximum Gasteiger partial charge on any atom is 0.330 e. The fourth-order valence-corrected chi connectivity index (χ4v) is 1.81. The van der Waals surface area contributed by atoms with Crippen LogP contribution in [0.5, 0.6) is 0 Å². The van der Waals surface area contributed by atoms with E-state index in [1.165, 1.54) is 25.3 Å². The van der Waals surface area contributed by atoms with Crippen molar-refractivity contribution in [2.75, 3.05) is 0 Å². The van der Waals surface area contributed by atoms with Crippen LogP contribution >= 0.6 is 0 Å². The molecule has 0 spiro atoms. The third-order valence-corrected chi connectivity index (χ3v) is 2.56. The monoisotopic (exact) mass is 182 g/mol. The third kappa shape index (κ3) is 3.21. The average molecular weight is 182 g/mol. The van der Waals surface area contributed by atoms with Gasteiger partial charge >= 0.3 is 5.97 Å². The Morgan fingerprint density at radius 3 is 2.46 bits per heavy atom.